The Bertz CT molecular complexity index is 3170. The van der Waals surface area contributed by atoms with Crippen LogP contribution < -0.4 is 0 Å². The van der Waals surface area contributed by atoms with Crippen LogP contribution in [0.2, 0.25) is 0 Å². The molecule has 0 saturated heterocycles. The Morgan fingerprint density at radius 3 is 1.59 bits per heavy atom. The Labute approximate surface area is 338 Å². The summed E-state index contributed by atoms with van der Waals surface area (Å²) in [7, 11) is 0. The lowest BCUT2D eigenvalue weighted by molar-refractivity contribution is 0.581. The molecule has 10 aromatic rings. The van der Waals surface area contributed by atoms with E-state index in [4.69, 9.17) is 4.98 Å². The molecule has 0 spiro atoms. The van der Waals surface area contributed by atoms with Gasteiger partial charge in [0.15, 0.2) is 0 Å². The molecule has 0 saturated carbocycles. The first-order valence-corrected chi connectivity index (χ1v) is 20.3. The fraction of sp³-hybridized carbons (Fsp3) is 0.170. The zero-order chi connectivity index (χ0) is 39.6. The summed E-state index contributed by atoms with van der Waals surface area (Å²) < 4.78 is 4.74. The zero-order valence-electron chi connectivity index (χ0n) is 33.8. The Balaban J connectivity index is 1.31. The second-order valence-corrected chi connectivity index (χ2v) is 18.1. The highest BCUT2D eigenvalue weighted by Gasteiger charge is 2.48. The van der Waals surface area contributed by atoms with Gasteiger partial charge in [-0.05, 0) is 92.2 Å². The van der Waals surface area contributed by atoms with Crippen molar-refractivity contribution in [1.82, 2.24) is 24.3 Å². The van der Waals surface area contributed by atoms with Crippen molar-refractivity contribution in [2.24, 2.45) is 0 Å². The van der Waals surface area contributed by atoms with Crippen molar-refractivity contribution in [2.45, 2.75) is 57.8 Å². The van der Waals surface area contributed by atoms with E-state index in [0.29, 0.717) is 0 Å². The van der Waals surface area contributed by atoms with Gasteiger partial charge in [0.25, 0.3) is 0 Å². The summed E-state index contributed by atoms with van der Waals surface area (Å²) in [6, 6.07) is 56.1. The van der Waals surface area contributed by atoms with Gasteiger partial charge >= 0.3 is 0 Å². The van der Waals surface area contributed by atoms with E-state index >= 15 is 0 Å². The molecule has 282 valence electrons. The number of fused-ring (bicyclic) bond motifs is 9. The number of para-hydroxylation sites is 3. The molecule has 1 N–H and O–H groups in total. The van der Waals surface area contributed by atoms with E-state index in [2.05, 4.69) is 213 Å². The van der Waals surface area contributed by atoms with E-state index < -0.39 is 5.41 Å². The van der Waals surface area contributed by atoms with E-state index in [9.17, 15) is 0 Å². The summed E-state index contributed by atoms with van der Waals surface area (Å²) in [5.41, 5.74) is 14.1. The molecule has 0 aliphatic heterocycles. The van der Waals surface area contributed by atoms with E-state index in [1.165, 1.54) is 55.1 Å². The topological polar surface area (TPSA) is 51.4 Å². The lowest BCUT2D eigenvalue weighted by Crippen LogP contribution is -2.32. The first-order valence-electron chi connectivity index (χ1n) is 20.3. The Hall–Kier alpha value is -6.72. The van der Waals surface area contributed by atoms with Crippen LogP contribution in [0.4, 0.5) is 0 Å². The van der Waals surface area contributed by atoms with Crippen molar-refractivity contribution in [3.05, 3.63) is 191 Å². The third-order valence-corrected chi connectivity index (χ3v) is 12.6. The fourth-order valence-electron chi connectivity index (χ4n) is 9.72. The lowest BCUT2D eigenvalue weighted by Gasteiger charge is -2.36. The quantitative estimate of drug-likeness (QED) is 0.195. The van der Waals surface area contributed by atoms with E-state index in [1.54, 1.807) is 0 Å². The van der Waals surface area contributed by atoms with Crippen LogP contribution in [0.25, 0.3) is 66.4 Å². The predicted molar refractivity (Wildman–Crippen MR) is 240 cm³/mol. The molecule has 0 amide bonds. The van der Waals surface area contributed by atoms with Gasteiger partial charge in [-0.25, -0.2) is 4.98 Å². The summed E-state index contributed by atoms with van der Waals surface area (Å²) in [6.07, 6.45) is 1.95. The molecule has 5 nitrogen and oxygen atoms in total. The summed E-state index contributed by atoms with van der Waals surface area (Å²) in [6.45, 7) is 13.9. The first kappa shape index (κ1) is 34.5. The van der Waals surface area contributed by atoms with Crippen molar-refractivity contribution in [3.63, 3.8) is 0 Å². The molecular weight excluding hydrogens is 707 g/mol. The van der Waals surface area contributed by atoms with Crippen LogP contribution in [-0.4, -0.2) is 24.3 Å². The van der Waals surface area contributed by atoms with Gasteiger partial charge in [0, 0.05) is 27.2 Å². The molecule has 11 rings (SSSR count). The largest absolute Gasteiger partial charge is 0.294 e. The highest BCUT2D eigenvalue weighted by molar-refractivity contribution is 6.09. The summed E-state index contributed by atoms with van der Waals surface area (Å²) in [5.74, 6) is 0.920. The number of hydrogen-bond acceptors (Lipinski definition) is 2. The average molecular weight is 752 g/mol. The SMILES string of the molecule is CC(C)(C)c1cc(-n2c3ccccc3c3cn[nH]c32)cc(C2(c3cc(C(C)(C)C)cc(-n4c5ccccc5c5ccccc54)n3)c3ccccc3-c3ccccc32)c1. The summed E-state index contributed by atoms with van der Waals surface area (Å²) in [4.78, 5) is 5.93. The van der Waals surface area contributed by atoms with E-state index in [-0.39, 0.29) is 10.8 Å². The van der Waals surface area contributed by atoms with Crippen molar-refractivity contribution >= 4 is 43.7 Å². The van der Waals surface area contributed by atoms with Crippen molar-refractivity contribution < 1.29 is 0 Å². The number of aromatic nitrogens is 5. The number of nitrogens with zero attached hydrogens (tertiary/aromatic N) is 4. The predicted octanol–water partition coefficient (Wildman–Crippen LogP) is 13.0. The third kappa shape index (κ3) is 4.83. The van der Waals surface area contributed by atoms with Gasteiger partial charge in [0.1, 0.15) is 11.5 Å². The minimum absolute atomic E-state index is 0.158. The molecule has 0 radical (unpaired) electrons. The second kappa shape index (κ2) is 12.1. The van der Waals surface area contributed by atoms with Crippen LogP contribution in [-0.2, 0) is 16.2 Å². The molecule has 1 aliphatic rings. The Morgan fingerprint density at radius 2 is 1.00 bits per heavy atom. The molecule has 0 fully saturated rings. The van der Waals surface area contributed by atoms with Crippen molar-refractivity contribution in [3.8, 4) is 22.6 Å². The zero-order valence-corrected chi connectivity index (χ0v) is 33.8. The standard InChI is InChI=1S/C53H45N5/c1-51(2,3)33-27-35(29-36(28-33)57-45-24-14-11-21-41(45)42-32-54-56-50(42)57)53(43-22-12-7-17-37(43)38-18-8-13-23-44(38)53)48-30-34(52(4,5)6)31-49(55-48)58-46-25-15-9-19-39(46)40-20-10-16-26-47(40)58/h7-32H,1-6H3,(H,54,56). The molecule has 0 unspecified atom stereocenters. The minimum atomic E-state index is -0.756. The summed E-state index contributed by atoms with van der Waals surface area (Å²) >= 11 is 0. The van der Waals surface area contributed by atoms with Crippen LogP contribution >= 0.6 is 0 Å². The maximum absolute atomic E-state index is 5.93. The highest BCUT2D eigenvalue weighted by atomic mass is 15.2. The Kier molecular flexibility index (Phi) is 7.23. The fourth-order valence-corrected chi connectivity index (χ4v) is 9.72. The van der Waals surface area contributed by atoms with Crippen LogP contribution in [0.3, 0.4) is 0 Å². The first-order chi connectivity index (χ1) is 28.0. The molecule has 6 aromatic carbocycles. The molecule has 5 heteroatoms. The van der Waals surface area contributed by atoms with Gasteiger partial charge in [-0.2, -0.15) is 5.10 Å². The van der Waals surface area contributed by atoms with Gasteiger partial charge in [0.05, 0.1) is 33.9 Å². The summed E-state index contributed by atoms with van der Waals surface area (Å²) in [5, 5.41) is 12.6. The number of hydrogen-bond donors (Lipinski definition) is 1. The molecule has 4 heterocycles. The molecular formula is C53H45N5. The van der Waals surface area contributed by atoms with Crippen LogP contribution in [0, 0.1) is 0 Å². The second-order valence-electron chi connectivity index (χ2n) is 18.1. The Morgan fingerprint density at radius 1 is 0.500 bits per heavy atom. The van der Waals surface area contributed by atoms with Gasteiger partial charge in [-0.3, -0.25) is 14.2 Å². The monoisotopic (exact) mass is 751 g/mol. The number of rotatable bonds is 4. The average Bonchev–Trinajstić information content (AvgIpc) is 3.98. The third-order valence-electron chi connectivity index (χ3n) is 12.6. The van der Waals surface area contributed by atoms with E-state index in [0.717, 1.165) is 44.8 Å². The normalized spacial score (nSPS) is 13.8. The number of pyridine rings is 1. The number of H-pyrrole nitrogens is 1. The van der Waals surface area contributed by atoms with Gasteiger partial charge in [0.2, 0.25) is 0 Å². The van der Waals surface area contributed by atoms with E-state index in [1.807, 2.05) is 6.20 Å². The molecule has 4 aromatic heterocycles. The number of nitrogens with one attached hydrogen (secondary N) is 1. The maximum Gasteiger partial charge on any atom is 0.141 e. The van der Waals surface area contributed by atoms with Crippen LogP contribution in [0.15, 0.2) is 158 Å². The molecule has 0 bridgehead atoms. The molecule has 58 heavy (non-hydrogen) atoms. The van der Waals surface area contributed by atoms with Gasteiger partial charge in [-0.1, -0.05) is 151 Å². The number of benzene rings is 6. The smallest absolute Gasteiger partial charge is 0.141 e. The van der Waals surface area contributed by atoms with Gasteiger partial charge < -0.3 is 0 Å². The highest BCUT2D eigenvalue weighted by Crippen LogP contribution is 2.57. The lowest BCUT2D eigenvalue weighted by atomic mass is 9.68. The van der Waals surface area contributed by atoms with Crippen molar-refractivity contribution in [2.75, 3.05) is 0 Å². The number of aromatic amines is 1. The molecule has 1 aliphatic carbocycles. The minimum Gasteiger partial charge on any atom is -0.294 e. The maximum atomic E-state index is 5.93. The van der Waals surface area contributed by atoms with Crippen molar-refractivity contribution in [1.29, 1.82) is 0 Å². The molecule has 0 atom stereocenters. The van der Waals surface area contributed by atoms with Crippen LogP contribution in [0.5, 0.6) is 0 Å². The van der Waals surface area contributed by atoms with Gasteiger partial charge in [-0.15, -0.1) is 0 Å². The van der Waals surface area contributed by atoms with Crippen LogP contribution in [0.1, 0.15) is 75.1 Å².